The summed E-state index contributed by atoms with van der Waals surface area (Å²) in [6.07, 6.45) is 0.890. The quantitative estimate of drug-likeness (QED) is 0.328. The smallest absolute Gasteiger partial charge is 0.350 e. The molecular formula is C24H26N2O4S. The molecule has 0 atom stereocenters. The van der Waals surface area contributed by atoms with Crippen LogP contribution in [0.3, 0.4) is 0 Å². The Kier molecular flexibility index (Phi) is 8.18. The molecule has 0 aliphatic heterocycles. The number of hydrogen-bond donors (Lipinski definition) is 0. The number of esters is 1. The molecule has 1 amide bonds. The van der Waals surface area contributed by atoms with Gasteiger partial charge < -0.3 is 9.47 Å². The Morgan fingerprint density at radius 3 is 2.39 bits per heavy atom. The number of carbonyl (C=O) groups excluding carboxylic acids is 2. The number of anilines is 1. The molecule has 0 spiro atoms. The Hall–Kier alpha value is -3.19. The fourth-order valence-electron chi connectivity index (χ4n) is 2.98. The van der Waals surface area contributed by atoms with Crippen LogP contribution in [0.1, 0.15) is 40.7 Å². The molecule has 31 heavy (non-hydrogen) atoms. The molecule has 0 radical (unpaired) electrons. The van der Waals surface area contributed by atoms with Crippen molar-refractivity contribution in [3.8, 4) is 5.75 Å². The van der Waals surface area contributed by atoms with E-state index in [2.05, 4.69) is 4.98 Å². The monoisotopic (exact) mass is 438 g/mol. The van der Waals surface area contributed by atoms with Gasteiger partial charge in [-0.1, -0.05) is 59.9 Å². The zero-order valence-corrected chi connectivity index (χ0v) is 18.6. The Labute approximate surface area is 186 Å². The number of hydrogen-bond acceptors (Lipinski definition) is 6. The maximum Gasteiger partial charge on any atom is 0.350 e. The molecule has 162 valence electrons. The highest BCUT2D eigenvalue weighted by molar-refractivity contribution is 7.17. The van der Waals surface area contributed by atoms with E-state index in [0.717, 1.165) is 11.3 Å². The summed E-state index contributed by atoms with van der Waals surface area (Å²) in [7, 11) is 0. The van der Waals surface area contributed by atoms with Crippen LogP contribution in [0.25, 0.3) is 0 Å². The number of carbonyl (C=O) groups is 2. The first kappa shape index (κ1) is 22.5. The van der Waals surface area contributed by atoms with Crippen molar-refractivity contribution in [3.05, 3.63) is 76.8 Å². The first-order valence-corrected chi connectivity index (χ1v) is 11.1. The number of benzene rings is 2. The topological polar surface area (TPSA) is 68.7 Å². The van der Waals surface area contributed by atoms with E-state index in [1.807, 2.05) is 60.7 Å². The molecule has 0 saturated heterocycles. The van der Waals surface area contributed by atoms with Crippen molar-refractivity contribution in [1.29, 1.82) is 0 Å². The van der Waals surface area contributed by atoms with Crippen molar-refractivity contribution in [2.75, 3.05) is 18.1 Å². The minimum atomic E-state index is -0.410. The zero-order chi connectivity index (χ0) is 22.1. The normalized spacial score (nSPS) is 10.5. The van der Waals surface area contributed by atoms with Gasteiger partial charge in [0.15, 0.2) is 5.13 Å². The number of nitrogens with zero attached hydrogens (tertiary/aromatic N) is 2. The lowest BCUT2D eigenvalue weighted by atomic mass is 10.2. The predicted molar refractivity (Wildman–Crippen MR) is 122 cm³/mol. The van der Waals surface area contributed by atoms with E-state index in [1.165, 1.54) is 11.3 Å². The standard InChI is InChI=1S/C24H26N2O4S/c1-3-29-23(28)22-18(2)25-24(31-22)26(17-19-11-6-4-7-12-19)21(27)15-10-16-30-20-13-8-5-9-14-20/h4-9,11-14H,3,10,15-17H2,1-2H3. The van der Waals surface area contributed by atoms with E-state index in [1.54, 1.807) is 18.7 Å². The Morgan fingerprint density at radius 2 is 1.71 bits per heavy atom. The molecule has 0 aliphatic rings. The molecule has 1 heterocycles. The number of amides is 1. The molecule has 0 saturated carbocycles. The lowest BCUT2D eigenvalue weighted by molar-refractivity contribution is -0.119. The second kappa shape index (κ2) is 11.3. The molecule has 1 aromatic heterocycles. The molecule has 0 N–H and O–H groups in total. The van der Waals surface area contributed by atoms with Crippen molar-refractivity contribution in [1.82, 2.24) is 4.98 Å². The van der Waals surface area contributed by atoms with E-state index < -0.39 is 5.97 Å². The van der Waals surface area contributed by atoms with Gasteiger partial charge in [-0.15, -0.1) is 0 Å². The van der Waals surface area contributed by atoms with Crippen LogP contribution >= 0.6 is 11.3 Å². The Balaban J connectivity index is 1.71. The molecule has 0 bridgehead atoms. The van der Waals surface area contributed by atoms with Gasteiger partial charge in [0.1, 0.15) is 10.6 Å². The molecule has 3 rings (SSSR count). The Morgan fingerprint density at radius 1 is 1.03 bits per heavy atom. The number of para-hydroxylation sites is 1. The molecule has 2 aromatic carbocycles. The van der Waals surface area contributed by atoms with Gasteiger partial charge in [-0.25, -0.2) is 9.78 Å². The van der Waals surface area contributed by atoms with Crippen LogP contribution in [0.4, 0.5) is 5.13 Å². The second-order valence-corrected chi connectivity index (χ2v) is 7.84. The van der Waals surface area contributed by atoms with E-state index >= 15 is 0 Å². The first-order chi connectivity index (χ1) is 15.1. The summed E-state index contributed by atoms with van der Waals surface area (Å²) in [5.74, 6) is 0.308. The largest absolute Gasteiger partial charge is 0.494 e. The third-order valence-corrected chi connectivity index (χ3v) is 5.67. The van der Waals surface area contributed by atoms with Crippen molar-refractivity contribution >= 4 is 28.3 Å². The minimum Gasteiger partial charge on any atom is -0.494 e. The summed E-state index contributed by atoms with van der Waals surface area (Å²) >= 11 is 1.19. The summed E-state index contributed by atoms with van der Waals surface area (Å²) in [5.41, 5.74) is 1.55. The van der Waals surface area contributed by atoms with E-state index in [0.29, 0.717) is 48.3 Å². The van der Waals surface area contributed by atoms with Crippen LogP contribution < -0.4 is 9.64 Å². The molecule has 0 unspecified atom stereocenters. The fraction of sp³-hybridized carbons (Fsp3) is 0.292. The van der Waals surface area contributed by atoms with Crippen LogP contribution in [-0.2, 0) is 16.1 Å². The summed E-state index contributed by atoms with van der Waals surface area (Å²) in [5, 5.41) is 0.499. The molecule has 7 heteroatoms. The molecular weight excluding hydrogens is 412 g/mol. The van der Waals surface area contributed by atoms with E-state index in [4.69, 9.17) is 9.47 Å². The highest BCUT2D eigenvalue weighted by Crippen LogP contribution is 2.29. The maximum absolute atomic E-state index is 13.1. The average molecular weight is 439 g/mol. The maximum atomic E-state index is 13.1. The van der Waals surface area contributed by atoms with Crippen LogP contribution in [0.15, 0.2) is 60.7 Å². The van der Waals surface area contributed by atoms with Gasteiger partial charge in [0.2, 0.25) is 5.91 Å². The molecule has 3 aromatic rings. The van der Waals surface area contributed by atoms with Crippen LogP contribution in [-0.4, -0.2) is 30.1 Å². The fourth-order valence-corrected chi connectivity index (χ4v) is 3.95. The first-order valence-electron chi connectivity index (χ1n) is 10.2. The molecule has 6 nitrogen and oxygen atoms in total. The van der Waals surface area contributed by atoms with Crippen LogP contribution in [0.5, 0.6) is 5.75 Å². The second-order valence-electron chi connectivity index (χ2n) is 6.86. The lowest BCUT2D eigenvalue weighted by Crippen LogP contribution is -2.30. The minimum absolute atomic E-state index is 0.0651. The van der Waals surface area contributed by atoms with Crippen LogP contribution in [0, 0.1) is 6.92 Å². The highest BCUT2D eigenvalue weighted by atomic mass is 32.1. The van der Waals surface area contributed by atoms with Crippen molar-refractivity contribution < 1.29 is 19.1 Å². The van der Waals surface area contributed by atoms with E-state index in [9.17, 15) is 9.59 Å². The van der Waals surface area contributed by atoms with Crippen molar-refractivity contribution in [3.63, 3.8) is 0 Å². The molecule has 0 aliphatic carbocycles. The van der Waals surface area contributed by atoms with Crippen LogP contribution in [0.2, 0.25) is 0 Å². The third-order valence-electron chi connectivity index (χ3n) is 4.51. The summed E-state index contributed by atoms with van der Waals surface area (Å²) < 4.78 is 10.8. The number of aromatic nitrogens is 1. The van der Waals surface area contributed by atoms with Gasteiger partial charge in [-0.05, 0) is 38.0 Å². The number of thiazole rings is 1. The van der Waals surface area contributed by atoms with Gasteiger partial charge in [0.25, 0.3) is 0 Å². The summed E-state index contributed by atoms with van der Waals surface area (Å²) in [4.78, 5) is 31.9. The lowest BCUT2D eigenvalue weighted by Gasteiger charge is -2.20. The highest BCUT2D eigenvalue weighted by Gasteiger charge is 2.24. The number of ether oxygens (including phenoxy) is 2. The summed E-state index contributed by atoms with van der Waals surface area (Å²) in [6, 6.07) is 19.3. The average Bonchev–Trinajstić information content (AvgIpc) is 3.18. The van der Waals surface area contributed by atoms with Gasteiger partial charge >= 0.3 is 5.97 Å². The van der Waals surface area contributed by atoms with Crippen molar-refractivity contribution in [2.24, 2.45) is 0 Å². The number of rotatable bonds is 10. The third kappa shape index (κ3) is 6.39. The van der Waals surface area contributed by atoms with Gasteiger partial charge in [0, 0.05) is 6.42 Å². The van der Waals surface area contributed by atoms with Gasteiger partial charge in [-0.2, -0.15) is 0 Å². The molecule has 0 fully saturated rings. The predicted octanol–water partition coefficient (Wildman–Crippen LogP) is 5.02. The Bertz CT molecular complexity index is 989. The van der Waals surface area contributed by atoms with Gasteiger partial charge in [0.05, 0.1) is 25.5 Å². The SMILES string of the molecule is CCOC(=O)c1sc(N(Cc2ccccc2)C(=O)CCCOc2ccccc2)nc1C. The zero-order valence-electron chi connectivity index (χ0n) is 17.7. The van der Waals surface area contributed by atoms with Gasteiger partial charge in [-0.3, -0.25) is 9.69 Å². The van der Waals surface area contributed by atoms with E-state index in [-0.39, 0.29) is 5.91 Å². The number of aryl methyl sites for hydroxylation is 1. The van der Waals surface area contributed by atoms with Crippen molar-refractivity contribution in [2.45, 2.75) is 33.2 Å². The summed E-state index contributed by atoms with van der Waals surface area (Å²) in [6.45, 7) is 4.64.